The van der Waals surface area contributed by atoms with Crippen LogP contribution in [0.1, 0.15) is 34.3 Å². The highest BCUT2D eigenvalue weighted by Gasteiger charge is 2.30. The predicted molar refractivity (Wildman–Crippen MR) is 101 cm³/mol. The third kappa shape index (κ3) is 3.14. The number of hydrogen-bond donors (Lipinski definition) is 0. The number of carbonyl (C=O) groups excluding carboxylic acids is 1. The van der Waals surface area contributed by atoms with E-state index in [2.05, 4.69) is 36.2 Å². The summed E-state index contributed by atoms with van der Waals surface area (Å²) in [4.78, 5) is 19.7. The lowest BCUT2D eigenvalue weighted by Crippen LogP contribution is -2.37. The van der Waals surface area contributed by atoms with Crippen molar-refractivity contribution in [1.82, 2.24) is 9.88 Å². The molecule has 25 heavy (non-hydrogen) atoms. The summed E-state index contributed by atoms with van der Waals surface area (Å²) in [5, 5.41) is 1.02. The number of aromatic nitrogens is 1. The lowest BCUT2D eigenvalue weighted by molar-refractivity contribution is 0.0738. The van der Waals surface area contributed by atoms with Gasteiger partial charge in [0, 0.05) is 24.2 Å². The van der Waals surface area contributed by atoms with E-state index < -0.39 is 0 Å². The van der Waals surface area contributed by atoms with E-state index in [0.29, 0.717) is 5.56 Å². The lowest BCUT2D eigenvalue weighted by Gasteiger charge is -2.25. The Kier molecular flexibility index (Phi) is 4.22. The van der Waals surface area contributed by atoms with Gasteiger partial charge in [-0.05, 0) is 43.9 Å². The van der Waals surface area contributed by atoms with E-state index in [-0.39, 0.29) is 11.9 Å². The van der Waals surface area contributed by atoms with Gasteiger partial charge in [0.15, 0.2) is 0 Å². The molecule has 3 aromatic rings. The zero-order valence-corrected chi connectivity index (χ0v) is 14.5. The van der Waals surface area contributed by atoms with Gasteiger partial charge in [-0.25, -0.2) is 0 Å². The first-order valence-electron chi connectivity index (χ1n) is 8.92. The molecule has 1 fully saturated rings. The molecule has 3 heteroatoms. The molecule has 1 atom stereocenters. The molecule has 2 aromatic carbocycles. The van der Waals surface area contributed by atoms with Crippen LogP contribution in [0.15, 0.2) is 60.8 Å². The molecule has 4 rings (SSSR count). The molecule has 3 nitrogen and oxygen atoms in total. The zero-order valence-electron chi connectivity index (χ0n) is 14.5. The minimum atomic E-state index is 0.110. The molecule has 0 radical (unpaired) electrons. The Balaban J connectivity index is 1.61. The summed E-state index contributed by atoms with van der Waals surface area (Å²) < 4.78 is 0. The van der Waals surface area contributed by atoms with Crippen LogP contribution in [0, 0.1) is 6.92 Å². The van der Waals surface area contributed by atoms with Crippen LogP contribution >= 0.6 is 0 Å². The monoisotopic (exact) mass is 330 g/mol. The quantitative estimate of drug-likeness (QED) is 0.713. The van der Waals surface area contributed by atoms with Gasteiger partial charge in [-0.15, -0.1) is 0 Å². The standard InChI is InChI=1S/C22H22N2O/c1-16-9-11-17(12-10-16)15-19-7-4-14-24(19)22(25)20-8-2-5-18-6-3-13-23-21(18)20/h2-3,5-6,8-13,19H,4,7,14-15H2,1H3. The molecule has 1 aliphatic heterocycles. The Morgan fingerprint density at radius 3 is 2.76 bits per heavy atom. The van der Waals surface area contributed by atoms with Gasteiger partial charge in [0.2, 0.25) is 0 Å². The first-order valence-corrected chi connectivity index (χ1v) is 8.92. The second-order valence-corrected chi connectivity index (χ2v) is 6.87. The van der Waals surface area contributed by atoms with Crippen LogP contribution in [0.2, 0.25) is 0 Å². The normalized spacial score (nSPS) is 17.2. The van der Waals surface area contributed by atoms with Crippen LogP contribution in [-0.4, -0.2) is 28.4 Å². The smallest absolute Gasteiger partial charge is 0.256 e. The van der Waals surface area contributed by atoms with Crippen molar-refractivity contribution >= 4 is 16.8 Å². The highest BCUT2D eigenvalue weighted by Crippen LogP contribution is 2.26. The zero-order chi connectivity index (χ0) is 17.2. The molecule has 0 aliphatic carbocycles. The molecular formula is C22H22N2O. The van der Waals surface area contributed by atoms with Crippen molar-refractivity contribution < 1.29 is 4.79 Å². The molecule has 1 amide bonds. The second-order valence-electron chi connectivity index (χ2n) is 6.87. The van der Waals surface area contributed by atoms with Crippen LogP contribution in [0.25, 0.3) is 10.9 Å². The van der Waals surface area contributed by atoms with E-state index >= 15 is 0 Å². The lowest BCUT2D eigenvalue weighted by atomic mass is 10.0. The minimum Gasteiger partial charge on any atom is -0.335 e. The number of aryl methyl sites for hydroxylation is 1. The van der Waals surface area contributed by atoms with Crippen LogP contribution in [0.4, 0.5) is 0 Å². The number of hydrogen-bond acceptors (Lipinski definition) is 2. The highest BCUT2D eigenvalue weighted by atomic mass is 16.2. The highest BCUT2D eigenvalue weighted by molar-refractivity contribution is 6.05. The van der Waals surface area contributed by atoms with Crippen molar-refractivity contribution in [2.75, 3.05) is 6.54 Å². The van der Waals surface area contributed by atoms with Gasteiger partial charge < -0.3 is 4.90 Å². The maximum Gasteiger partial charge on any atom is 0.256 e. The molecule has 1 unspecified atom stereocenters. The van der Waals surface area contributed by atoms with Gasteiger partial charge in [0.05, 0.1) is 11.1 Å². The fourth-order valence-electron chi connectivity index (χ4n) is 3.74. The van der Waals surface area contributed by atoms with Crippen LogP contribution in [-0.2, 0) is 6.42 Å². The van der Waals surface area contributed by atoms with Crippen molar-refractivity contribution in [3.8, 4) is 0 Å². The van der Waals surface area contributed by atoms with Gasteiger partial charge in [-0.2, -0.15) is 0 Å². The van der Waals surface area contributed by atoms with Crippen molar-refractivity contribution in [1.29, 1.82) is 0 Å². The fourth-order valence-corrected chi connectivity index (χ4v) is 3.74. The molecule has 0 bridgehead atoms. The third-order valence-electron chi connectivity index (χ3n) is 5.09. The number of rotatable bonds is 3. The van der Waals surface area contributed by atoms with Gasteiger partial charge in [-0.1, -0.05) is 48.0 Å². The number of benzene rings is 2. The Labute approximate surface area is 148 Å². The molecule has 0 spiro atoms. The number of nitrogens with zero attached hydrogens (tertiary/aromatic N) is 2. The van der Waals surface area contributed by atoms with E-state index in [1.165, 1.54) is 11.1 Å². The Bertz CT molecular complexity index is 896. The van der Waals surface area contributed by atoms with E-state index in [9.17, 15) is 4.79 Å². The number of carbonyl (C=O) groups is 1. The second kappa shape index (κ2) is 6.67. The van der Waals surface area contributed by atoms with Crippen molar-refractivity contribution in [2.24, 2.45) is 0 Å². The summed E-state index contributed by atoms with van der Waals surface area (Å²) in [6.07, 6.45) is 4.81. The maximum absolute atomic E-state index is 13.2. The van der Waals surface area contributed by atoms with E-state index in [1.54, 1.807) is 6.20 Å². The number of amides is 1. The molecule has 1 aliphatic rings. The molecule has 0 saturated carbocycles. The number of para-hydroxylation sites is 1. The summed E-state index contributed by atoms with van der Waals surface area (Å²) in [5.74, 6) is 0.110. The van der Waals surface area contributed by atoms with Gasteiger partial charge in [-0.3, -0.25) is 9.78 Å². The largest absolute Gasteiger partial charge is 0.335 e. The van der Waals surface area contributed by atoms with Gasteiger partial charge >= 0.3 is 0 Å². The Hall–Kier alpha value is -2.68. The number of likely N-dealkylation sites (tertiary alicyclic amines) is 1. The maximum atomic E-state index is 13.2. The first kappa shape index (κ1) is 15.8. The number of pyridine rings is 1. The van der Waals surface area contributed by atoms with Crippen molar-refractivity contribution in [2.45, 2.75) is 32.2 Å². The summed E-state index contributed by atoms with van der Waals surface area (Å²) in [5.41, 5.74) is 4.08. The van der Waals surface area contributed by atoms with E-state index in [0.717, 1.165) is 36.7 Å². The number of fused-ring (bicyclic) bond motifs is 1. The average molecular weight is 330 g/mol. The summed E-state index contributed by atoms with van der Waals surface area (Å²) >= 11 is 0. The Morgan fingerprint density at radius 1 is 1.12 bits per heavy atom. The molecular weight excluding hydrogens is 308 g/mol. The van der Waals surface area contributed by atoms with Gasteiger partial charge in [0.25, 0.3) is 5.91 Å². The SMILES string of the molecule is Cc1ccc(CC2CCCN2C(=O)c2cccc3cccnc23)cc1. The summed E-state index contributed by atoms with van der Waals surface area (Å²) in [6, 6.07) is 18.7. The van der Waals surface area contributed by atoms with Crippen molar-refractivity contribution in [3.63, 3.8) is 0 Å². The average Bonchev–Trinajstić information content (AvgIpc) is 3.10. The van der Waals surface area contributed by atoms with E-state index in [1.807, 2.05) is 35.2 Å². The van der Waals surface area contributed by atoms with Crippen molar-refractivity contribution in [3.05, 3.63) is 77.5 Å². The molecule has 2 heterocycles. The molecule has 1 aromatic heterocycles. The first-order chi connectivity index (χ1) is 12.2. The predicted octanol–water partition coefficient (Wildman–Crippen LogP) is 4.39. The van der Waals surface area contributed by atoms with Crippen LogP contribution in [0.5, 0.6) is 0 Å². The minimum absolute atomic E-state index is 0.110. The summed E-state index contributed by atoms with van der Waals surface area (Å²) in [6.45, 7) is 2.93. The fraction of sp³-hybridized carbons (Fsp3) is 0.273. The van der Waals surface area contributed by atoms with E-state index in [4.69, 9.17) is 0 Å². The molecule has 126 valence electrons. The molecule has 1 saturated heterocycles. The summed E-state index contributed by atoms with van der Waals surface area (Å²) in [7, 11) is 0. The Morgan fingerprint density at radius 2 is 1.92 bits per heavy atom. The van der Waals surface area contributed by atoms with Crippen LogP contribution in [0.3, 0.4) is 0 Å². The topological polar surface area (TPSA) is 33.2 Å². The van der Waals surface area contributed by atoms with Crippen LogP contribution < -0.4 is 0 Å². The molecule has 0 N–H and O–H groups in total. The van der Waals surface area contributed by atoms with Gasteiger partial charge in [0.1, 0.15) is 0 Å². The third-order valence-corrected chi connectivity index (χ3v) is 5.09.